The number of carbonyl (C=O) groups excluding carboxylic acids is 1. The van der Waals surface area contributed by atoms with Crippen molar-refractivity contribution in [3.63, 3.8) is 0 Å². The van der Waals surface area contributed by atoms with Crippen LogP contribution in [0.4, 0.5) is 4.39 Å². The lowest BCUT2D eigenvalue weighted by Gasteiger charge is -1.99. The van der Waals surface area contributed by atoms with E-state index in [1.54, 1.807) is 48.5 Å². The first kappa shape index (κ1) is 14.0. The molecule has 3 aromatic rings. The number of halogens is 1. The molecule has 0 saturated carbocycles. The van der Waals surface area contributed by atoms with E-state index in [1.165, 1.54) is 13.2 Å². The summed E-state index contributed by atoms with van der Waals surface area (Å²) in [7, 11) is 1.33. The molecule has 0 spiro atoms. The first-order valence-corrected chi connectivity index (χ1v) is 6.59. The molecule has 0 aliphatic carbocycles. The Morgan fingerprint density at radius 2 is 1.86 bits per heavy atom. The van der Waals surface area contributed by atoms with Crippen LogP contribution in [0.25, 0.3) is 22.6 Å². The lowest BCUT2D eigenvalue weighted by molar-refractivity contribution is 0.0601. The Morgan fingerprint density at radius 3 is 2.55 bits per heavy atom. The number of hydrogen-bond acceptors (Lipinski definition) is 4. The lowest BCUT2D eigenvalue weighted by atomic mass is 10.1. The van der Waals surface area contributed by atoms with E-state index in [-0.39, 0.29) is 5.82 Å². The molecule has 0 N–H and O–H groups in total. The Kier molecular flexibility index (Phi) is 3.70. The molecule has 5 heteroatoms. The van der Waals surface area contributed by atoms with Gasteiger partial charge in [-0.05, 0) is 24.3 Å². The number of rotatable bonds is 3. The summed E-state index contributed by atoms with van der Waals surface area (Å²) >= 11 is 0. The minimum atomic E-state index is -0.404. The van der Waals surface area contributed by atoms with Crippen molar-refractivity contribution >= 4 is 5.97 Å². The van der Waals surface area contributed by atoms with Gasteiger partial charge in [-0.1, -0.05) is 29.4 Å². The van der Waals surface area contributed by atoms with Crippen molar-refractivity contribution in [1.82, 2.24) is 5.16 Å². The van der Waals surface area contributed by atoms with Gasteiger partial charge in [0.1, 0.15) is 11.5 Å². The van der Waals surface area contributed by atoms with Crippen LogP contribution in [0.2, 0.25) is 0 Å². The summed E-state index contributed by atoms with van der Waals surface area (Å²) in [6.07, 6.45) is 0. The van der Waals surface area contributed by atoms with Gasteiger partial charge >= 0.3 is 5.97 Å². The van der Waals surface area contributed by atoms with E-state index >= 15 is 0 Å². The summed E-state index contributed by atoms with van der Waals surface area (Å²) < 4.78 is 23.6. The Hall–Kier alpha value is -2.95. The Morgan fingerprint density at radius 1 is 1.14 bits per heavy atom. The first-order valence-electron chi connectivity index (χ1n) is 6.59. The molecule has 0 bridgehead atoms. The van der Waals surface area contributed by atoms with Crippen LogP contribution in [0, 0.1) is 5.82 Å². The first-order chi connectivity index (χ1) is 10.7. The van der Waals surface area contributed by atoms with Crippen LogP contribution < -0.4 is 0 Å². The van der Waals surface area contributed by atoms with Crippen molar-refractivity contribution in [1.29, 1.82) is 0 Å². The van der Waals surface area contributed by atoms with E-state index in [1.807, 2.05) is 0 Å². The summed E-state index contributed by atoms with van der Waals surface area (Å²) in [6.45, 7) is 0. The molecular weight excluding hydrogens is 285 g/mol. The van der Waals surface area contributed by atoms with Crippen LogP contribution in [0.15, 0.2) is 59.1 Å². The van der Waals surface area contributed by atoms with Crippen molar-refractivity contribution < 1.29 is 18.4 Å². The van der Waals surface area contributed by atoms with Crippen LogP contribution in [0.5, 0.6) is 0 Å². The van der Waals surface area contributed by atoms with Gasteiger partial charge in [-0.3, -0.25) is 0 Å². The van der Waals surface area contributed by atoms with E-state index in [2.05, 4.69) is 9.89 Å². The SMILES string of the molecule is COC(=O)c1ccc(-c2cc(-c3ccccc3F)on2)cc1. The molecule has 0 aliphatic heterocycles. The van der Waals surface area contributed by atoms with E-state index in [0.717, 1.165) is 5.56 Å². The van der Waals surface area contributed by atoms with Crippen molar-refractivity contribution in [2.75, 3.05) is 7.11 Å². The lowest BCUT2D eigenvalue weighted by Crippen LogP contribution is -2.00. The molecule has 0 radical (unpaired) electrons. The quantitative estimate of drug-likeness (QED) is 0.687. The third-order valence-corrected chi connectivity index (χ3v) is 3.25. The maximum absolute atomic E-state index is 13.7. The van der Waals surface area contributed by atoms with Crippen molar-refractivity contribution in [2.24, 2.45) is 0 Å². The molecule has 0 aliphatic rings. The fraction of sp³-hybridized carbons (Fsp3) is 0.0588. The summed E-state index contributed by atoms with van der Waals surface area (Å²) in [6, 6.07) is 14.7. The van der Waals surface area contributed by atoms with Gasteiger partial charge in [0, 0.05) is 11.6 Å². The summed E-state index contributed by atoms with van der Waals surface area (Å²) in [5.74, 6) is -0.421. The second-order valence-corrected chi connectivity index (χ2v) is 4.63. The van der Waals surface area contributed by atoms with E-state index in [4.69, 9.17) is 4.52 Å². The molecule has 4 nitrogen and oxygen atoms in total. The molecule has 0 atom stereocenters. The molecule has 22 heavy (non-hydrogen) atoms. The van der Waals surface area contributed by atoms with Crippen molar-refractivity contribution in [2.45, 2.75) is 0 Å². The van der Waals surface area contributed by atoms with Gasteiger partial charge in [0.05, 0.1) is 18.2 Å². The van der Waals surface area contributed by atoms with Gasteiger partial charge in [-0.15, -0.1) is 0 Å². The van der Waals surface area contributed by atoms with Gasteiger partial charge in [0.15, 0.2) is 5.76 Å². The molecule has 110 valence electrons. The van der Waals surface area contributed by atoms with E-state index in [0.29, 0.717) is 22.6 Å². The Labute approximate surface area is 126 Å². The smallest absolute Gasteiger partial charge is 0.337 e. The maximum Gasteiger partial charge on any atom is 0.337 e. The molecule has 0 saturated heterocycles. The summed E-state index contributed by atoms with van der Waals surface area (Å²) in [5, 5.41) is 3.94. The van der Waals surface area contributed by atoms with Crippen molar-refractivity contribution in [3.8, 4) is 22.6 Å². The number of nitrogens with zero attached hydrogens (tertiary/aromatic N) is 1. The minimum Gasteiger partial charge on any atom is -0.465 e. The van der Waals surface area contributed by atoms with Gasteiger partial charge in [-0.25, -0.2) is 9.18 Å². The molecule has 1 aromatic heterocycles. The molecular formula is C17H12FNO3. The molecule has 0 fully saturated rings. The zero-order valence-corrected chi connectivity index (χ0v) is 11.7. The van der Waals surface area contributed by atoms with Crippen LogP contribution in [0.1, 0.15) is 10.4 Å². The fourth-order valence-electron chi connectivity index (χ4n) is 2.09. The zero-order valence-electron chi connectivity index (χ0n) is 11.7. The predicted molar refractivity (Wildman–Crippen MR) is 78.7 cm³/mol. The molecule has 2 aromatic carbocycles. The Balaban J connectivity index is 1.91. The normalized spacial score (nSPS) is 10.5. The van der Waals surface area contributed by atoms with E-state index < -0.39 is 5.97 Å². The number of aromatic nitrogens is 1. The molecule has 0 unspecified atom stereocenters. The minimum absolute atomic E-state index is 0.352. The zero-order chi connectivity index (χ0) is 15.5. The average Bonchev–Trinajstić information content (AvgIpc) is 3.04. The van der Waals surface area contributed by atoms with Crippen LogP contribution in [-0.4, -0.2) is 18.2 Å². The largest absolute Gasteiger partial charge is 0.465 e. The topological polar surface area (TPSA) is 52.3 Å². The second-order valence-electron chi connectivity index (χ2n) is 4.63. The van der Waals surface area contributed by atoms with Crippen molar-refractivity contribution in [3.05, 3.63) is 66.0 Å². The van der Waals surface area contributed by atoms with Gasteiger partial charge in [0.25, 0.3) is 0 Å². The highest BCUT2D eigenvalue weighted by molar-refractivity contribution is 5.89. The standard InChI is InChI=1S/C17H12FNO3/c1-21-17(20)12-8-6-11(7-9-12)15-10-16(22-19-15)13-4-2-3-5-14(13)18/h2-10H,1H3. The number of benzene rings is 2. The number of carbonyl (C=O) groups is 1. The summed E-state index contributed by atoms with van der Waals surface area (Å²) in [5.41, 5.74) is 2.13. The maximum atomic E-state index is 13.7. The Bertz CT molecular complexity index is 809. The third kappa shape index (κ3) is 2.61. The monoisotopic (exact) mass is 297 g/mol. The number of ether oxygens (including phenoxy) is 1. The van der Waals surface area contributed by atoms with Gasteiger partial charge < -0.3 is 9.26 Å². The van der Waals surface area contributed by atoms with Crippen LogP contribution in [-0.2, 0) is 4.74 Å². The third-order valence-electron chi connectivity index (χ3n) is 3.25. The predicted octanol–water partition coefficient (Wildman–Crippen LogP) is 3.93. The molecule has 3 rings (SSSR count). The second kappa shape index (κ2) is 5.81. The van der Waals surface area contributed by atoms with Crippen LogP contribution >= 0.6 is 0 Å². The van der Waals surface area contributed by atoms with E-state index in [9.17, 15) is 9.18 Å². The number of methoxy groups -OCH3 is 1. The van der Waals surface area contributed by atoms with Gasteiger partial charge in [0.2, 0.25) is 0 Å². The average molecular weight is 297 g/mol. The number of esters is 1. The highest BCUT2D eigenvalue weighted by Gasteiger charge is 2.12. The molecule has 1 heterocycles. The van der Waals surface area contributed by atoms with Gasteiger partial charge in [-0.2, -0.15) is 0 Å². The highest BCUT2D eigenvalue weighted by Crippen LogP contribution is 2.27. The number of hydrogen-bond donors (Lipinski definition) is 0. The fourth-order valence-corrected chi connectivity index (χ4v) is 2.09. The summed E-state index contributed by atoms with van der Waals surface area (Å²) in [4.78, 5) is 11.4. The molecule has 0 amide bonds. The highest BCUT2D eigenvalue weighted by atomic mass is 19.1. The van der Waals surface area contributed by atoms with Crippen LogP contribution in [0.3, 0.4) is 0 Å².